The Morgan fingerprint density at radius 1 is 0.478 bits per heavy atom. The molecule has 0 saturated carbocycles. The predicted molar refractivity (Wildman–Crippen MR) is 108 cm³/mol. The summed E-state index contributed by atoms with van der Waals surface area (Å²) in [5, 5.41) is 0. The molecule has 0 aliphatic rings. The van der Waals surface area contributed by atoms with Gasteiger partial charge in [-0.3, -0.25) is 0 Å². The van der Waals surface area contributed by atoms with Crippen molar-refractivity contribution >= 4 is 0 Å². The van der Waals surface area contributed by atoms with Gasteiger partial charge in [0.2, 0.25) is 0 Å². The fourth-order valence-corrected chi connectivity index (χ4v) is 4.28. The highest BCUT2D eigenvalue weighted by Gasteiger charge is 2.60. The molecule has 0 heterocycles. The number of rotatable bonds is 7. The first-order valence-corrected chi connectivity index (χ1v) is 9.81. The van der Waals surface area contributed by atoms with Crippen LogP contribution in [0.1, 0.15) is 116 Å². The third-order valence-electron chi connectivity index (χ3n) is 9.41. The van der Waals surface area contributed by atoms with E-state index in [1.807, 2.05) is 0 Å². The van der Waals surface area contributed by atoms with Gasteiger partial charge in [-0.25, -0.2) is 0 Å². The van der Waals surface area contributed by atoms with Crippen molar-refractivity contribution in [1.29, 1.82) is 0 Å². The molecule has 0 fully saturated rings. The van der Waals surface area contributed by atoms with E-state index in [9.17, 15) is 0 Å². The minimum Gasteiger partial charge on any atom is -0.0654 e. The van der Waals surface area contributed by atoms with Gasteiger partial charge in [-0.15, -0.1) is 0 Å². The van der Waals surface area contributed by atoms with E-state index < -0.39 is 0 Å². The summed E-state index contributed by atoms with van der Waals surface area (Å²) in [5.41, 5.74) is 1.53. The number of unbranched alkanes of at least 4 members (excludes halogenated alkanes) is 1. The Kier molecular flexibility index (Phi) is 6.38. The van der Waals surface area contributed by atoms with E-state index in [4.69, 9.17) is 0 Å². The molecule has 0 N–H and O–H groups in total. The van der Waals surface area contributed by atoms with Gasteiger partial charge in [-0.2, -0.15) is 0 Å². The summed E-state index contributed by atoms with van der Waals surface area (Å²) < 4.78 is 0. The Morgan fingerprint density at radius 2 is 0.826 bits per heavy atom. The largest absolute Gasteiger partial charge is 0.0654 e. The van der Waals surface area contributed by atoms with E-state index in [0.717, 1.165) is 0 Å². The molecule has 0 unspecified atom stereocenters. The summed E-state index contributed by atoms with van der Waals surface area (Å²) in [6.45, 7) is 34.5. The molecule has 0 heteroatoms. The van der Waals surface area contributed by atoms with Gasteiger partial charge in [0, 0.05) is 0 Å². The Labute approximate surface area is 149 Å². The van der Waals surface area contributed by atoms with Crippen molar-refractivity contribution in [3.8, 4) is 0 Å². The quantitative estimate of drug-likeness (QED) is 0.441. The maximum absolute atomic E-state index is 2.52. The monoisotopic (exact) mass is 324 g/mol. The van der Waals surface area contributed by atoms with E-state index >= 15 is 0 Å². The maximum atomic E-state index is 2.52. The molecule has 0 aromatic heterocycles. The van der Waals surface area contributed by atoms with Crippen molar-refractivity contribution in [3.63, 3.8) is 0 Å². The fourth-order valence-electron chi connectivity index (χ4n) is 4.28. The third kappa shape index (κ3) is 3.52. The molecule has 0 spiro atoms. The summed E-state index contributed by atoms with van der Waals surface area (Å²) in [7, 11) is 0. The summed E-state index contributed by atoms with van der Waals surface area (Å²) in [6, 6.07) is 0. The molecule has 0 aromatic carbocycles. The lowest BCUT2D eigenvalue weighted by Crippen LogP contribution is -2.59. The van der Waals surface area contributed by atoms with Crippen LogP contribution in [0.4, 0.5) is 0 Å². The Balaban J connectivity index is 6.03. The average Bonchev–Trinajstić information content (AvgIpc) is 2.34. The summed E-state index contributed by atoms with van der Waals surface area (Å²) in [5.74, 6) is 0. The van der Waals surface area contributed by atoms with Gasteiger partial charge in [0.25, 0.3) is 0 Å². The van der Waals surface area contributed by atoms with Crippen molar-refractivity contribution in [2.75, 3.05) is 0 Å². The van der Waals surface area contributed by atoms with Crippen LogP contribution in [0.15, 0.2) is 0 Å². The van der Waals surface area contributed by atoms with Gasteiger partial charge < -0.3 is 0 Å². The van der Waals surface area contributed by atoms with Gasteiger partial charge in [0.15, 0.2) is 0 Å². The van der Waals surface area contributed by atoms with Gasteiger partial charge >= 0.3 is 0 Å². The Bertz CT molecular complexity index is 383. The van der Waals surface area contributed by atoms with Crippen molar-refractivity contribution in [3.05, 3.63) is 0 Å². The standard InChI is InChI=1S/C23H48/c1-15-16-17-19(5,6)21(9,10)23(13,14)22(11,12)20(7,8)18(2,3)4/h15-17H2,1-14H3. The zero-order chi connectivity index (χ0) is 19.1. The topological polar surface area (TPSA) is 0 Å². The summed E-state index contributed by atoms with van der Waals surface area (Å²) in [6.07, 6.45) is 3.93. The summed E-state index contributed by atoms with van der Waals surface area (Å²) in [4.78, 5) is 0. The average molecular weight is 325 g/mol. The zero-order valence-corrected chi connectivity index (χ0v) is 19.1. The molecule has 140 valence electrons. The molecule has 0 aliphatic carbocycles. The van der Waals surface area contributed by atoms with E-state index in [1.165, 1.54) is 19.3 Å². The van der Waals surface area contributed by atoms with Crippen LogP contribution in [0.25, 0.3) is 0 Å². The maximum Gasteiger partial charge on any atom is -0.0241 e. The van der Waals surface area contributed by atoms with Crippen LogP contribution < -0.4 is 0 Å². The molecule has 0 rings (SSSR count). The highest BCUT2D eigenvalue weighted by atomic mass is 14.6. The third-order valence-corrected chi connectivity index (χ3v) is 9.41. The minimum atomic E-state index is 0.214. The first-order chi connectivity index (χ1) is 9.81. The van der Waals surface area contributed by atoms with Crippen LogP contribution in [0.5, 0.6) is 0 Å². The second kappa shape index (κ2) is 6.38. The minimum absolute atomic E-state index is 0.214. The summed E-state index contributed by atoms with van der Waals surface area (Å²) >= 11 is 0. The zero-order valence-electron chi connectivity index (χ0n) is 19.1. The van der Waals surface area contributed by atoms with Crippen LogP contribution in [0.3, 0.4) is 0 Å². The molecule has 0 saturated heterocycles. The van der Waals surface area contributed by atoms with E-state index in [-0.39, 0.29) is 27.1 Å². The van der Waals surface area contributed by atoms with Gasteiger partial charge in [-0.1, -0.05) is 110 Å². The smallest absolute Gasteiger partial charge is 0.0241 e. The molecule has 0 aliphatic heterocycles. The molecular weight excluding hydrogens is 276 g/mol. The normalized spacial score (nSPS) is 15.9. The second-order valence-corrected chi connectivity index (χ2v) is 11.7. The Morgan fingerprint density at radius 3 is 1.13 bits per heavy atom. The predicted octanol–water partition coefficient (Wildman–Crippen LogP) is 8.35. The fraction of sp³-hybridized carbons (Fsp3) is 1.00. The lowest BCUT2D eigenvalue weighted by molar-refractivity contribution is -0.171. The number of hydrogen-bond acceptors (Lipinski definition) is 0. The van der Waals surface area contributed by atoms with Crippen molar-refractivity contribution in [1.82, 2.24) is 0 Å². The Hall–Kier alpha value is 0. The second-order valence-electron chi connectivity index (χ2n) is 11.7. The molecule has 0 atom stereocenters. The van der Waals surface area contributed by atoms with Gasteiger partial charge in [-0.05, 0) is 38.9 Å². The molecule has 0 amide bonds. The van der Waals surface area contributed by atoms with Crippen molar-refractivity contribution < 1.29 is 0 Å². The SMILES string of the molecule is CCCCC(C)(C)C(C)(C)C(C)(C)C(C)(C)C(C)(C)C(C)(C)C. The van der Waals surface area contributed by atoms with Crippen molar-refractivity contribution in [2.45, 2.75) is 116 Å². The molecule has 0 aromatic rings. The van der Waals surface area contributed by atoms with Crippen LogP contribution in [0, 0.1) is 32.5 Å². The van der Waals surface area contributed by atoms with Crippen LogP contribution in [-0.4, -0.2) is 0 Å². The molecule has 23 heavy (non-hydrogen) atoms. The molecule has 0 bridgehead atoms. The van der Waals surface area contributed by atoms with E-state index in [0.29, 0.717) is 5.41 Å². The van der Waals surface area contributed by atoms with Crippen molar-refractivity contribution in [2.24, 2.45) is 32.5 Å². The van der Waals surface area contributed by atoms with Crippen LogP contribution in [0.2, 0.25) is 0 Å². The first kappa shape index (κ1) is 23.0. The highest BCUT2D eigenvalue weighted by Crippen LogP contribution is 2.67. The number of hydrogen-bond donors (Lipinski definition) is 0. The lowest BCUT2D eigenvalue weighted by atomic mass is 9.39. The lowest BCUT2D eigenvalue weighted by Gasteiger charge is -2.65. The van der Waals surface area contributed by atoms with Crippen LogP contribution in [-0.2, 0) is 0 Å². The molecule has 0 nitrogen and oxygen atoms in total. The van der Waals surface area contributed by atoms with E-state index in [2.05, 4.69) is 96.9 Å². The van der Waals surface area contributed by atoms with E-state index in [1.54, 1.807) is 0 Å². The first-order valence-electron chi connectivity index (χ1n) is 9.81. The molecular formula is C23H48. The van der Waals surface area contributed by atoms with Gasteiger partial charge in [0.1, 0.15) is 0 Å². The molecule has 0 radical (unpaired) electrons. The highest BCUT2D eigenvalue weighted by molar-refractivity contribution is 5.09. The van der Waals surface area contributed by atoms with Gasteiger partial charge in [0.05, 0.1) is 0 Å². The van der Waals surface area contributed by atoms with Crippen LogP contribution >= 0.6 is 0 Å².